The Morgan fingerprint density at radius 2 is 1.92 bits per heavy atom. The Hall–Kier alpha value is -2.34. The molecule has 0 spiro atoms. The molecular weight excluding hydrogens is 328 g/mol. The minimum Gasteiger partial charge on any atom is -0.493 e. The first-order valence-electron chi connectivity index (χ1n) is 7.73. The van der Waals surface area contributed by atoms with E-state index in [1.807, 2.05) is 0 Å². The molecule has 3 rings (SSSR count). The lowest BCUT2D eigenvalue weighted by atomic mass is 10.1. The molecule has 0 atom stereocenters. The van der Waals surface area contributed by atoms with Gasteiger partial charge in [0.05, 0.1) is 6.61 Å². The minimum absolute atomic E-state index is 0.118. The van der Waals surface area contributed by atoms with Gasteiger partial charge in [0, 0.05) is 12.8 Å². The number of hydrogen-bond donors (Lipinski definition) is 0. The monoisotopic (exact) mass is 346 g/mol. The number of rotatable bonds is 6. The highest BCUT2D eigenvalue weighted by atomic mass is 32.2. The van der Waals surface area contributed by atoms with Crippen molar-refractivity contribution in [3.63, 3.8) is 0 Å². The predicted molar refractivity (Wildman–Crippen MR) is 88.9 cm³/mol. The van der Waals surface area contributed by atoms with Crippen LogP contribution in [0.15, 0.2) is 47.4 Å². The molecule has 0 saturated heterocycles. The van der Waals surface area contributed by atoms with Crippen LogP contribution in [-0.2, 0) is 27.8 Å². The zero-order valence-electron chi connectivity index (χ0n) is 13.3. The van der Waals surface area contributed by atoms with E-state index < -0.39 is 10.1 Å². The second-order valence-corrected chi connectivity index (χ2v) is 7.30. The summed E-state index contributed by atoms with van der Waals surface area (Å²) in [5.74, 6) is 1.10. The second-order valence-electron chi connectivity index (χ2n) is 5.75. The normalized spacial score (nSPS) is 13.2. The molecule has 0 fully saturated rings. The molecule has 2 aromatic carbocycles. The van der Waals surface area contributed by atoms with E-state index in [1.165, 1.54) is 6.07 Å². The van der Waals surface area contributed by atoms with E-state index in [9.17, 15) is 13.2 Å². The van der Waals surface area contributed by atoms with Crippen LogP contribution in [0.25, 0.3) is 0 Å². The van der Waals surface area contributed by atoms with Gasteiger partial charge in [-0.1, -0.05) is 12.1 Å². The van der Waals surface area contributed by atoms with Gasteiger partial charge in [-0.2, -0.15) is 8.42 Å². The summed E-state index contributed by atoms with van der Waals surface area (Å²) in [6, 6.07) is 11.5. The lowest BCUT2D eigenvalue weighted by Crippen LogP contribution is -2.10. The maximum absolute atomic E-state index is 12.4. The molecule has 24 heavy (non-hydrogen) atoms. The lowest BCUT2D eigenvalue weighted by Gasteiger charge is -2.09. The number of Topliss-reactive ketones (excluding diaryl/α,β-unsaturated/α-hetero) is 1. The van der Waals surface area contributed by atoms with Gasteiger partial charge >= 0.3 is 10.1 Å². The van der Waals surface area contributed by atoms with Gasteiger partial charge in [0.2, 0.25) is 0 Å². The number of carbonyl (C=O) groups excluding carboxylic acids is 1. The Morgan fingerprint density at radius 3 is 2.62 bits per heavy atom. The molecule has 2 aromatic rings. The fourth-order valence-electron chi connectivity index (χ4n) is 2.53. The SMILES string of the molecule is CC(=O)CCc1ccc(OS(=O)(=O)c2ccc3c(c2)CCO3)cc1. The van der Waals surface area contributed by atoms with Gasteiger partial charge < -0.3 is 13.7 Å². The summed E-state index contributed by atoms with van der Waals surface area (Å²) >= 11 is 0. The third-order valence-electron chi connectivity index (χ3n) is 3.84. The lowest BCUT2D eigenvalue weighted by molar-refractivity contribution is -0.116. The highest BCUT2D eigenvalue weighted by molar-refractivity contribution is 7.87. The molecular formula is C18H18O5S. The summed E-state index contributed by atoms with van der Waals surface area (Å²) in [5, 5.41) is 0. The Morgan fingerprint density at radius 1 is 1.17 bits per heavy atom. The molecule has 0 N–H and O–H groups in total. The summed E-state index contributed by atoms with van der Waals surface area (Å²) in [7, 11) is -3.88. The van der Waals surface area contributed by atoms with Crippen LogP contribution in [0.2, 0.25) is 0 Å². The van der Waals surface area contributed by atoms with E-state index in [-0.39, 0.29) is 16.4 Å². The summed E-state index contributed by atoms with van der Waals surface area (Å²) in [6.07, 6.45) is 1.80. The number of hydrogen-bond acceptors (Lipinski definition) is 5. The van der Waals surface area contributed by atoms with Gasteiger partial charge in [0.25, 0.3) is 0 Å². The van der Waals surface area contributed by atoms with Crippen LogP contribution < -0.4 is 8.92 Å². The highest BCUT2D eigenvalue weighted by Gasteiger charge is 2.21. The molecule has 1 aliphatic rings. The molecule has 6 heteroatoms. The summed E-state index contributed by atoms with van der Waals surface area (Å²) in [5.41, 5.74) is 1.84. The average Bonchev–Trinajstić information content (AvgIpc) is 3.01. The van der Waals surface area contributed by atoms with Crippen LogP contribution in [0.4, 0.5) is 0 Å². The van der Waals surface area contributed by atoms with Gasteiger partial charge in [0.15, 0.2) is 0 Å². The zero-order chi connectivity index (χ0) is 17.2. The van der Waals surface area contributed by atoms with Crippen LogP contribution in [0.3, 0.4) is 0 Å². The van der Waals surface area contributed by atoms with Crippen molar-refractivity contribution >= 4 is 15.9 Å². The van der Waals surface area contributed by atoms with E-state index in [0.717, 1.165) is 16.9 Å². The maximum atomic E-state index is 12.4. The van der Waals surface area contributed by atoms with Gasteiger partial charge in [-0.25, -0.2) is 0 Å². The fraction of sp³-hybridized carbons (Fsp3) is 0.278. The van der Waals surface area contributed by atoms with Crippen LogP contribution in [0.5, 0.6) is 11.5 Å². The van der Waals surface area contributed by atoms with E-state index in [1.54, 1.807) is 43.3 Å². The third-order valence-corrected chi connectivity index (χ3v) is 5.09. The minimum atomic E-state index is -3.88. The predicted octanol–water partition coefficient (Wildman–Crippen LogP) is 2.91. The Labute approximate surface area is 141 Å². The molecule has 0 bridgehead atoms. The number of ether oxygens (including phenoxy) is 1. The summed E-state index contributed by atoms with van der Waals surface area (Å²) in [4.78, 5) is 11.1. The molecule has 126 valence electrons. The molecule has 5 nitrogen and oxygen atoms in total. The quantitative estimate of drug-likeness (QED) is 0.752. The Kier molecular flexibility index (Phi) is 4.57. The van der Waals surface area contributed by atoms with Gasteiger partial charge in [-0.15, -0.1) is 0 Å². The van der Waals surface area contributed by atoms with E-state index in [2.05, 4.69) is 0 Å². The maximum Gasteiger partial charge on any atom is 0.339 e. The summed E-state index contributed by atoms with van der Waals surface area (Å²) in [6.45, 7) is 2.12. The smallest absolute Gasteiger partial charge is 0.339 e. The Balaban J connectivity index is 1.73. The van der Waals surface area contributed by atoms with Crippen molar-refractivity contribution in [1.82, 2.24) is 0 Å². The van der Waals surface area contributed by atoms with E-state index >= 15 is 0 Å². The highest BCUT2D eigenvalue weighted by Crippen LogP contribution is 2.29. The van der Waals surface area contributed by atoms with Gasteiger partial charge in [-0.3, -0.25) is 0 Å². The van der Waals surface area contributed by atoms with Crippen molar-refractivity contribution < 1.29 is 22.1 Å². The molecule has 0 saturated carbocycles. The van der Waals surface area contributed by atoms with Crippen molar-refractivity contribution in [2.75, 3.05) is 6.61 Å². The number of carbonyl (C=O) groups is 1. The second kappa shape index (κ2) is 6.65. The van der Waals surface area contributed by atoms with Gasteiger partial charge in [0.1, 0.15) is 22.2 Å². The zero-order valence-corrected chi connectivity index (χ0v) is 14.1. The molecule has 0 unspecified atom stereocenters. The van der Waals surface area contributed by atoms with Crippen LogP contribution >= 0.6 is 0 Å². The molecule has 0 aromatic heterocycles. The van der Waals surface area contributed by atoms with Crippen molar-refractivity contribution in [3.8, 4) is 11.5 Å². The first-order chi connectivity index (χ1) is 11.4. The van der Waals surface area contributed by atoms with Crippen LogP contribution in [-0.4, -0.2) is 20.8 Å². The van der Waals surface area contributed by atoms with Gasteiger partial charge in [-0.05, 0) is 54.8 Å². The number of fused-ring (bicyclic) bond motifs is 1. The third kappa shape index (κ3) is 3.76. The molecule has 1 aliphatic heterocycles. The average molecular weight is 346 g/mol. The first kappa shape index (κ1) is 16.5. The van der Waals surface area contributed by atoms with Crippen molar-refractivity contribution in [2.45, 2.75) is 31.1 Å². The number of ketones is 1. The largest absolute Gasteiger partial charge is 0.493 e. The van der Waals surface area contributed by atoms with Crippen LogP contribution in [0, 0.1) is 0 Å². The first-order valence-corrected chi connectivity index (χ1v) is 9.13. The molecule has 0 amide bonds. The fourth-order valence-corrected chi connectivity index (χ4v) is 3.51. The molecule has 0 aliphatic carbocycles. The topological polar surface area (TPSA) is 69.7 Å². The standard InChI is InChI=1S/C18H18O5S/c1-13(19)2-3-14-4-6-16(7-5-14)23-24(20,21)17-8-9-18-15(12-17)10-11-22-18/h4-9,12H,2-3,10-11H2,1H3. The Bertz CT molecular complexity index is 853. The number of benzene rings is 2. The van der Waals surface area contributed by atoms with Crippen molar-refractivity contribution in [3.05, 3.63) is 53.6 Å². The van der Waals surface area contributed by atoms with E-state index in [0.29, 0.717) is 25.9 Å². The number of aryl methyl sites for hydroxylation is 1. The van der Waals surface area contributed by atoms with Crippen LogP contribution in [0.1, 0.15) is 24.5 Å². The molecule has 1 heterocycles. The van der Waals surface area contributed by atoms with E-state index in [4.69, 9.17) is 8.92 Å². The molecule has 0 radical (unpaired) electrons. The van der Waals surface area contributed by atoms with Crippen molar-refractivity contribution in [2.24, 2.45) is 0 Å². The summed E-state index contributed by atoms with van der Waals surface area (Å²) < 4.78 is 35.4. The van der Waals surface area contributed by atoms with Crippen molar-refractivity contribution in [1.29, 1.82) is 0 Å².